The number of carbonyl (C=O) groups excluding carboxylic acids is 2. The van der Waals surface area contributed by atoms with Gasteiger partial charge in [0.2, 0.25) is 10.0 Å². The molecule has 1 aliphatic heterocycles. The van der Waals surface area contributed by atoms with Gasteiger partial charge >= 0.3 is 5.97 Å². The molecular formula is C24H30N2O5S. The highest BCUT2D eigenvalue weighted by molar-refractivity contribution is 7.89. The first-order valence-electron chi connectivity index (χ1n) is 10.6. The van der Waals surface area contributed by atoms with Crippen molar-refractivity contribution in [3.8, 4) is 0 Å². The molecule has 172 valence electrons. The molecule has 8 heteroatoms. The molecule has 1 saturated heterocycles. The van der Waals surface area contributed by atoms with Gasteiger partial charge in [-0.05, 0) is 75.8 Å². The van der Waals surface area contributed by atoms with Crippen molar-refractivity contribution in [3.05, 3.63) is 58.1 Å². The number of amides is 1. The van der Waals surface area contributed by atoms with Crippen molar-refractivity contribution in [2.24, 2.45) is 0 Å². The first kappa shape index (κ1) is 23.9. The smallest absolute Gasteiger partial charge is 0.324 e. The molecule has 0 aromatic heterocycles. The molecule has 0 spiro atoms. The van der Waals surface area contributed by atoms with Gasteiger partial charge in [0.15, 0.2) is 6.61 Å². The molecule has 0 aliphatic carbocycles. The van der Waals surface area contributed by atoms with Gasteiger partial charge in [0.05, 0.1) is 4.90 Å². The Morgan fingerprint density at radius 1 is 1.06 bits per heavy atom. The summed E-state index contributed by atoms with van der Waals surface area (Å²) in [6.45, 7) is 9.03. The third kappa shape index (κ3) is 4.86. The number of sulfonamides is 1. The summed E-state index contributed by atoms with van der Waals surface area (Å²) in [7, 11) is -3.88. The summed E-state index contributed by atoms with van der Waals surface area (Å²) in [6.07, 6.45) is 0.915. The molecule has 1 heterocycles. The quantitative estimate of drug-likeness (QED) is 0.668. The summed E-state index contributed by atoms with van der Waals surface area (Å²) in [5.41, 5.74) is 4.90. The lowest BCUT2D eigenvalue weighted by Crippen LogP contribution is -2.42. The van der Waals surface area contributed by atoms with Crippen LogP contribution in [0.1, 0.15) is 40.7 Å². The minimum absolute atomic E-state index is 0.232. The number of nitrogens with zero attached hydrogens (tertiary/aromatic N) is 1. The zero-order chi connectivity index (χ0) is 23.6. The Bertz CT molecular complexity index is 1130. The standard InChI is InChI=1S/C24H30N2O5S/c1-15-12-17(3)23(18(4)13-15)32(29,30)26-11-7-10-21(26)24(28)31-14-22(27)25-20-9-6-8-16(2)19(20)5/h6,8-9,12-13,21H,7,10-11,14H2,1-5H3,(H,25,27). The first-order valence-corrected chi connectivity index (χ1v) is 12.1. The Morgan fingerprint density at radius 3 is 2.38 bits per heavy atom. The van der Waals surface area contributed by atoms with E-state index in [1.165, 1.54) is 4.31 Å². The average molecular weight is 459 g/mol. The maximum absolute atomic E-state index is 13.4. The summed E-state index contributed by atoms with van der Waals surface area (Å²) in [4.78, 5) is 25.3. The van der Waals surface area contributed by atoms with Crippen molar-refractivity contribution in [3.63, 3.8) is 0 Å². The maximum atomic E-state index is 13.4. The van der Waals surface area contributed by atoms with Gasteiger partial charge < -0.3 is 10.1 Å². The summed E-state index contributed by atoms with van der Waals surface area (Å²) in [6, 6.07) is 8.26. The zero-order valence-corrected chi connectivity index (χ0v) is 20.0. The Hall–Kier alpha value is -2.71. The largest absolute Gasteiger partial charge is 0.454 e. The second kappa shape index (κ2) is 9.42. The van der Waals surface area contributed by atoms with Gasteiger partial charge in [-0.15, -0.1) is 0 Å². The lowest BCUT2D eigenvalue weighted by atomic mass is 10.1. The zero-order valence-electron chi connectivity index (χ0n) is 19.2. The monoisotopic (exact) mass is 458 g/mol. The lowest BCUT2D eigenvalue weighted by molar-refractivity contribution is -0.150. The molecule has 32 heavy (non-hydrogen) atoms. The SMILES string of the molecule is Cc1cc(C)c(S(=O)(=O)N2CCCC2C(=O)OCC(=O)Nc2cccc(C)c2C)c(C)c1. The van der Waals surface area contributed by atoms with Crippen molar-refractivity contribution in [1.82, 2.24) is 4.31 Å². The molecule has 1 fully saturated rings. The van der Waals surface area contributed by atoms with Crippen LogP contribution in [-0.2, 0) is 24.3 Å². The van der Waals surface area contributed by atoms with Crippen LogP contribution in [-0.4, -0.2) is 43.8 Å². The second-order valence-corrected chi connectivity index (χ2v) is 10.2. The number of ether oxygens (including phenoxy) is 1. The second-order valence-electron chi connectivity index (χ2n) is 8.40. The van der Waals surface area contributed by atoms with Gasteiger partial charge in [0, 0.05) is 12.2 Å². The highest BCUT2D eigenvalue weighted by atomic mass is 32.2. The van der Waals surface area contributed by atoms with E-state index in [9.17, 15) is 18.0 Å². The molecule has 1 atom stereocenters. The Labute approximate surface area is 189 Å². The van der Waals surface area contributed by atoms with Crippen LogP contribution in [0.25, 0.3) is 0 Å². The van der Waals surface area contributed by atoms with Crippen LogP contribution in [0.15, 0.2) is 35.2 Å². The van der Waals surface area contributed by atoms with E-state index in [1.807, 2.05) is 45.0 Å². The summed E-state index contributed by atoms with van der Waals surface area (Å²) in [5.74, 6) is -1.17. The number of anilines is 1. The molecule has 1 N–H and O–H groups in total. The molecule has 1 amide bonds. The molecular weight excluding hydrogens is 428 g/mol. The highest BCUT2D eigenvalue weighted by Gasteiger charge is 2.41. The van der Waals surface area contributed by atoms with E-state index in [1.54, 1.807) is 19.9 Å². The number of hydrogen-bond donors (Lipinski definition) is 1. The molecule has 1 unspecified atom stereocenters. The third-order valence-corrected chi connectivity index (χ3v) is 8.09. The van der Waals surface area contributed by atoms with Crippen molar-refractivity contribution < 1.29 is 22.7 Å². The molecule has 0 saturated carbocycles. The van der Waals surface area contributed by atoms with Gasteiger partial charge in [-0.3, -0.25) is 9.59 Å². The maximum Gasteiger partial charge on any atom is 0.324 e. The van der Waals surface area contributed by atoms with E-state index in [0.717, 1.165) is 16.7 Å². The molecule has 2 aromatic rings. The molecule has 3 rings (SSSR count). The fourth-order valence-electron chi connectivity index (χ4n) is 4.26. The Balaban J connectivity index is 1.70. The number of benzene rings is 2. The van der Waals surface area contributed by atoms with Crippen LogP contribution in [0, 0.1) is 34.6 Å². The summed E-state index contributed by atoms with van der Waals surface area (Å²) >= 11 is 0. The fraction of sp³-hybridized carbons (Fsp3) is 0.417. The van der Waals surface area contributed by atoms with Crippen molar-refractivity contribution in [2.45, 2.75) is 58.4 Å². The Morgan fingerprint density at radius 2 is 1.72 bits per heavy atom. The van der Waals surface area contributed by atoms with E-state index in [4.69, 9.17) is 4.74 Å². The van der Waals surface area contributed by atoms with Gasteiger partial charge in [0.1, 0.15) is 6.04 Å². The highest BCUT2D eigenvalue weighted by Crippen LogP contribution is 2.31. The van der Waals surface area contributed by atoms with Crippen LogP contribution in [0.3, 0.4) is 0 Å². The fourth-order valence-corrected chi connectivity index (χ4v) is 6.32. The molecule has 0 bridgehead atoms. The lowest BCUT2D eigenvalue weighted by Gasteiger charge is -2.24. The molecule has 1 aliphatic rings. The third-order valence-electron chi connectivity index (χ3n) is 5.87. The number of hydrogen-bond acceptors (Lipinski definition) is 5. The van der Waals surface area contributed by atoms with Gasteiger partial charge in [-0.1, -0.05) is 29.8 Å². The molecule has 0 radical (unpaired) electrons. The molecule has 2 aromatic carbocycles. The topological polar surface area (TPSA) is 92.8 Å². The predicted octanol–water partition coefficient (Wildman–Crippen LogP) is 3.56. The predicted molar refractivity (Wildman–Crippen MR) is 123 cm³/mol. The average Bonchev–Trinajstić information content (AvgIpc) is 3.19. The van der Waals surface area contributed by atoms with Crippen LogP contribution < -0.4 is 5.32 Å². The normalized spacial score (nSPS) is 16.7. The number of aryl methyl sites for hydroxylation is 4. The number of esters is 1. The molecule has 7 nitrogen and oxygen atoms in total. The van der Waals surface area contributed by atoms with Crippen LogP contribution in [0.5, 0.6) is 0 Å². The van der Waals surface area contributed by atoms with Crippen LogP contribution in [0.4, 0.5) is 5.69 Å². The van der Waals surface area contributed by atoms with Crippen molar-refractivity contribution in [1.29, 1.82) is 0 Å². The van der Waals surface area contributed by atoms with Gasteiger partial charge in [-0.2, -0.15) is 4.31 Å². The Kier molecular flexibility index (Phi) is 7.05. The first-order chi connectivity index (χ1) is 15.0. The van der Waals surface area contributed by atoms with E-state index >= 15 is 0 Å². The van der Waals surface area contributed by atoms with E-state index in [0.29, 0.717) is 29.7 Å². The van der Waals surface area contributed by atoms with Crippen molar-refractivity contribution >= 4 is 27.6 Å². The van der Waals surface area contributed by atoms with Crippen LogP contribution in [0.2, 0.25) is 0 Å². The summed E-state index contributed by atoms with van der Waals surface area (Å²) in [5, 5.41) is 2.74. The van der Waals surface area contributed by atoms with E-state index in [-0.39, 0.29) is 11.4 Å². The number of nitrogens with one attached hydrogen (secondary N) is 1. The number of rotatable bonds is 6. The van der Waals surface area contributed by atoms with Crippen molar-refractivity contribution in [2.75, 3.05) is 18.5 Å². The minimum Gasteiger partial charge on any atom is -0.454 e. The number of carbonyl (C=O) groups is 2. The van der Waals surface area contributed by atoms with Gasteiger partial charge in [0.25, 0.3) is 5.91 Å². The summed E-state index contributed by atoms with van der Waals surface area (Å²) < 4.78 is 33.2. The van der Waals surface area contributed by atoms with E-state index in [2.05, 4.69) is 5.32 Å². The van der Waals surface area contributed by atoms with Crippen LogP contribution >= 0.6 is 0 Å². The van der Waals surface area contributed by atoms with Gasteiger partial charge in [-0.25, -0.2) is 8.42 Å². The minimum atomic E-state index is -3.88. The van der Waals surface area contributed by atoms with E-state index < -0.39 is 34.5 Å².